The highest BCUT2D eigenvalue weighted by atomic mass is 32.1. The molecule has 0 aromatic carbocycles. The fourth-order valence-corrected chi connectivity index (χ4v) is 4.04. The molecule has 0 spiro atoms. The van der Waals surface area contributed by atoms with Crippen molar-refractivity contribution in [3.05, 3.63) is 23.5 Å². The summed E-state index contributed by atoms with van der Waals surface area (Å²) in [5, 5.41) is 20.2. The van der Waals surface area contributed by atoms with Gasteiger partial charge in [0.1, 0.15) is 11.1 Å². The Hall–Kier alpha value is -2.20. The maximum atomic E-state index is 9.78. The first kappa shape index (κ1) is 16.3. The summed E-state index contributed by atoms with van der Waals surface area (Å²) in [7, 11) is 0. The normalized spacial score (nSPS) is 17.3. The maximum Gasteiger partial charge on any atom is 0.227 e. The zero-order chi connectivity index (χ0) is 17.6. The number of nitrogens with two attached hydrogens (primary N) is 2. The molecule has 4 heterocycles. The van der Waals surface area contributed by atoms with E-state index in [1.54, 1.807) is 18.6 Å². The van der Waals surface area contributed by atoms with Crippen LogP contribution in [0.3, 0.4) is 0 Å². The lowest BCUT2D eigenvalue weighted by Gasteiger charge is -2.29. The van der Waals surface area contributed by atoms with Gasteiger partial charge in [-0.05, 0) is 18.9 Å². The summed E-state index contributed by atoms with van der Waals surface area (Å²) in [5.41, 5.74) is 13.7. The van der Waals surface area contributed by atoms with Gasteiger partial charge in [-0.25, -0.2) is 9.97 Å². The first-order valence-electron chi connectivity index (χ1n) is 8.03. The molecule has 1 atom stereocenters. The van der Waals surface area contributed by atoms with E-state index in [1.807, 2.05) is 4.90 Å². The van der Waals surface area contributed by atoms with Crippen molar-refractivity contribution in [1.82, 2.24) is 9.97 Å². The summed E-state index contributed by atoms with van der Waals surface area (Å²) >= 11 is 1.26. The number of hydrogen-bond acceptors (Lipinski definition) is 9. The molecule has 0 aliphatic carbocycles. The van der Waals surface area contributed by atoms with Gasteiger partial charge >= 0.3 is 0 Å². The fraction of sp³-hybridized carbons (Fsp3) is 0.375. The Kier molecular flexibility index (Phi) is 4.08. The van der Waals surface area contributed by atoms with Crippen LogP contribution in [-0.2, 0) is 0 Å². The van der Waals surface area contributed by atoms with Crippen LogP contribution < -0.4 is 16.4 Å². The van der Waals surface area contributed by atoms with Crippen LogP contribution in [0.15, 0.2) is 23.0 Å². The average molecular weight is 361 g/mol. The van der Waals surface area contributed by atoms with Gasteiger partial charge in [-0.3, -0.25) is 0 Å². The molecular weight excluding hydrogens is 342 g/mol. The molecule has 0 bridgehead atoms. The largest absolute Gasteiger partial charge is 0.472 e. The molecule has 0 radical (unpaired) electrons. The standard InChI is InChI=1S/C16H19N5O3S/c17-11-10-12(8-3-6-24-7-8)19-16(21-4-1-9(22)2-5-21)20-15(10)25-13(11)14(18)23/h3,6-7,9,14,22-23H,1-2,4-5,17-18H2. The van der Waals surface area contributed by atoms with Crippen LogP contribution in [0.4, 0.5) is 11.6 Å². The van der Waals surface area contributed by atoms with Crippen molar-refractivity contribution >= 4 is 33.2 Å². The van der Waals surface area contributed by atoms with Crippen LogP contribution in [0.25, 0.3) is 21.5 Å². The summed E-state index contributed by atoms with van der Waals surface area (Å²) < 4.78 is 5.19. The van der Waals surface area contributed by atoms with Gasteiger partial charge in [-0.2, -0.15) is 0 Å². The van der Waals surface area contributed by atoms with Crippen molar-refractivity contribution in [1.29, 1.82) is 0 Å². The molecule has 9 heteroatoms. The number of nitrogen functional groups attached to an aromatic ring is 1. The summed E-state index contributed by atoms with van der Waals surface area (Å²) in [6, 6.07) is 1.81. The molecule has 4 rings (SSSR count). The Bertz CT molecular complexity index is 885. The van der Waals surface area contributed by atoms with Gasteiger partial charge in [0.25, 0.3) is 0 Å². The van der Waals surface area contributed by atoms with Crippen molar-refractivity contribution in [3.63, 3.8) is 0 Å². The lowest BCUT2D eigenvalue weighted by Crippen LogP contribution is -2.36. The van der Waals surface area contributed by atoms with Crippen LogP contribution >= 0.6 is 11.3 Å². The third-order valence-corrected chi connectivity index (χ3v) is 5.59. The van der Waals surface area contributed by atoms with Crippen LogP contribution in [0.1, 0.15) is 23.9 Å². The van der Waals surface area contributed by atoms with E-state index in [0.717, 1.165) is 5.56 Å². The van der Waals surface area contributed by atoms with E-state index < -0.39 is 6.23 Å². The smallest absolute Gasteiger partial charge is 0.227 e. The number of anilines is 2. The van der Waals surface area contributed by atoms with Gasteiger partial charge in [0.05, 0.1) is 40.3 Å². The van der Waals surface area contributed by atoms with Crippen molar-refractivity contribution in [3.8, 4) is 11.3 Å². The fourth-order valence-electron chi connectivity index (χ4n) is 3.06. The zero-order valence-electron chi connectivity index (χ0n) is 13.4. The number of aromatic nitrogens is 2. The second-order valence-corrected chi connectivity index (χ2v) is 7.14. The molecule has 1 saturated heterocycles. The van der Waals surface area contributed by atoms with Crippen LogP contribution in [0, 0.1) is 0 Å². The van der Waals surface area contributed by atoms with E-state index in [4.69, 9.17) is 20.9 Å². The number of hydrogen-bond donors (Lipinski definition) is 4. The van der Waals surface area contributed by atoms with E-state index in [9.17, 15) is 10.2 Å². The minimum Gasteiger partial charge on any atom is -0.472 e. The lowest BCUT2D eigenvalue weighted by atomic mass is 10.1. The summed E-state index contributed by atoms with van der Waals surface area (Å²) in [6.07, 6.45) is 3.10. The first-order valence-corrected chi connectivity index (χ1v) is 8.85. The summed E-state index contributed by atoms with van der Waals surface area (Å²) in [5.74, 6) is 0.579. The molecule has 8 nitrogen and oxygen atoms in total. The van der Waals surface area contributed by atoms with Gasteiger partial charge < -0.3 is 31.0 Å². The Morgan fingerprint density at radius 3 is 2.72 bits per heavy atom. The zero-order valence-corrected chi connectivity index (χ0v) is 14.2. The second kappa shape index (κ2) is 6.26. The summed E-state index contributed by atoms with van der Waals surface area (Å²) in [4.78, 5) is 12.5. The molecule has 1 aliphatic rings. The molecular formula is C16H19N5O3S. The molecule has 3 aromatic rings. The SMILES string of the molecule is Nc1c(C(N)O)sc2nc(N3CCC(O)CC3)nc(-c3ccoc3)c12. The van der Waals surface area contributed by atoms with Crippen LogP contribution in [0.2, 0.25) is 0 Å². The quantitative estimate of drug-likeness (QED) is 0.515. The number of piperidine rings is 1. The molecule has 1 aliphatic heterocycles. The summed E-state index contributed by atoms with van der Waals surface area (Å²) in [6.45, 7) is 1.37. The number of fused-ring (bicyclic) bond motifs is 1. The van der Waals surface area contributed by atoms with E-state index in [1.165, 1.54) is 11.3 Å². The number of aliphatic hydroxyl groups excluding tert-OH is 2. The number of rotatable bonds is 3. The predicted octanol–water partition coefficient (Wildman–Crippen LogP) is 1.44. The molecule has 0 saturated carbocycles. The molecule has 132 valence electrons. The third-order valence-electron chi connectivity index (χ3n) is 4.42. The molecule has 0 amide bonds. The maximum absolute atomic E-state index is 9.78. The number of thiophene rings is 1. The van der Waals surface area contributed by atoms with Crippen molar-refractivity contribution in [2.45, 2.75) is 25.2 Å². The lowest BCUT2D eigenvalue weighted by molar-refractivity contribution is 0.145. The second-order valence-electron chi connectivity index (χ2n) is 6.11. The van der Waals surface area contributed by atoms with E-state index in [2.05, 4.69) is 4.98 Å². The Morgan fingerprint density at radius 2 is 2.08 bits per heavy atom. The Balaban J connectivity index is 1.89. The highest BCUT2D eigenvalue weighted by Gasteiger charge is 2.24. The van der Waals surface area contributed by atoms with Gasteiger partial charge in [0.2, 0.25) is 5.95 Å². The molecule has 1 fully saturated rings. The van der Waals surface area contributed by atoms with Gasteiger partial charge in [-0.15, -0.1) is 11.3 Å². The minimum atomic E-state index is -1.16. The van der Waals surface area contributed by atoms with E-state index in [-0.39, 0.29) is 6.10 Å². The average Bonchev–Trinajstić information content (AvgIpc) is 3.23. The van der Waals surface area contributed by atoms with Crippen molar-refractivity contribution in [2.24, 2.45) is 5.73 Å². The number of aliphatic hydroxyl groups is 2. The number of nitrogens with zero attached hydrogens (tertiary/aromatic N) is 3. The van der Waals surface area contributed by atoms with Gasteiger partial charge in [0.15, 0.2) is 0 Å². The van der Waals surface area contributed by atoms with Gasteiger partial charge in [0, 0.05) is 18.7 Å². The van der Waals surface area contributed by atoms with E-state index in [0.29, 0.717) is 58.4 Å². The minimum absolute atomic E-state index is 0.273. The Labute approximate surface area is 147 Å². The number of furan rings is 1. The molecule has 25 heavy (non-hydrogen) atoms. The molecule has 1 unspecified atom stereocenters. The Morgan fingerprint density at radius 1 is 1.32 bits per heavy atom. The van der Waals surface area contributed by atoms with Crippen LogP contribution in [0.5, 0.6) is 0 Å². The van der Waals surface area contributed by atoms with Crippen molar-refractivity contribution < 1.29 is 14.6 Å². The third kappa shape index (κ3) is 2.85. The van der Waals surface area contributed by atoms with Gasteiger partial charge in [-0.1, -0.05) is 0 Å². The monoisotopic (exact) mass is 361 g/mol. The molecule has 6 N–H and O–H groups in total. The highest BCUT2D eigenvalue weighted by molar-refractivity contribution is 7.19. The molecule has 3 aromatic heterocycles. The van der Waals surface area contributed by atoms with Crippen LogP contribution in [-0.4, -0.2) is 39.4 Å². The highest BCUT2D eigenvalue weighted by Crippen LogP contribution is 2.41. The van der Waals surface area contributed by atoms with E-state index >= 15 is 0 Å². The predicted molar refractivity (Wildman–Crippen MR) is 96.1 cm³/mol. The van der Waals surface area contributed by atoms with Crippen molar-refractivity contribution in [2.75, 3.05) is 23.7 Å². The first-order chi connectivity index (χ1) is 12.0. The topological polar surface area (TPSA) is 135 Å².